The zero-order valence-electron chi connectivity index (χ0n) is 15.8. The van der Waals surface area contributed by atoms with Gasteiger partial charge in [0.25, 0.3) is 5.91 Å². The molecular weight excluding hydrogens is 358 g/mol. The lowest BCUT2D eigenvalue weighted by molar-refractivity contribution is -0.118. The summed E-state index contributed by atoms with van der Waals surface area (Å²) in [5.74, 6) is 0.559. The van der Waals surface area contributed by atoms with E-state index in [0.29, 0.717) is 22.7 Å². The molecule has 1 N–H and O–H groups in total. The van der Waals surface area contributed by atoms with Gasteiger partial charge in [-0.2, -0.15) is 5.26 Å². The van der Waals surface area contributed by atoms with Crippen LogP contribution in [0.15, 0.2) is 42.5 Å². The van der Waals surface area contributed by atoms with Gasteiger partial charge in [-0.3, -0.25) is 9.69 Å². The van der Waals surface area contributed by atoms with Crippen molar-refractivity contribution in [2.24, 2.45) is 0 Å². The van der Waals surface area contributed by atoms with Crippen molar-refractivity contribution in [2.45, 2.75) is 6.54 Å². The third-order valence-corrected chi connectivity index (χ3v) is 4.40. The largest absolute Gasteiger partial charge is 0.493 e. The van der Waals surface area contributed by atoms with E-state index in [4.69, 9.17) is 19.5 Å². The van der Waals surface area contributed by atoms with Crippen molar-refractivity contribution in [1.82, 2.24) is 4.90 Å². The van der Waals surface area contributed by atoms with Gasteiger partial charge in [-0.15, -0.1) is 0 Å². The number of nitrogens with one attached hydrogen (secondary N) is 1. The van der Waals surface area contributed by atoms with Gasteiger partial charge in [-0.25, -0.2) is 0 Å². The van der Waals surface area contributed by atoms with Gasteiger partial charge in [0, 0.05) is 31.4 Å². The minimum atomic E-state index is -0.271. The standard InChI is InChI=1S/C21H23N3O4/c1-26-20-12-17(13-22)4-7-19(20)28-15-21(25)23-18-5-2-16(3-6-18)14-24-8-10-27-11-9-24/h2-7,12H,8-11,14-15H2,1H3,(H,23,25). The van der Waals surface area contributed by atoms with E-state index in [0.717, 1.165) is 32.8 Å². The average molecular weight is 381 g/mol. The number of carbonyl (C=O) groups is 1. The smallest absolute Gasteiger partial charge is 0.262 e. The van der Waals surface area contributed by atoms with Gasteiger partial charge < -0.3 is 19.5 Å². The maximum Gasteiger partial charge on any atom is 0.262 e. The van der Waals surface area contributed by atoms with Crippen LogP contribution < -0.4 is 14.8 Å². The molecule has 146 valence electrons. The van der Waals surface area contributed by atoms with E-state index in [1.165, 1.54) is 12.7 Å². The number of nitriles is 1. The van der Waals surface area contributed by atoms with Crippen LogP contribution in [0.3, 0.4) is 0 Å². The molecule has 7 nitrogen and oxygen atoms in total. The highest BCUT2D eigenvalue weighted by atomic mass is 16.5. The van der Waals surface area contributed by atoms with Gasteiger partial charge in [0.1, 0.15) is 0 Å². The van der Waals surface area contributed by atoms with Crippen molar-refractivity contribution in [3.05, 3.63) is 53.6 Å². The molecule has 0 saturated carbocycles. The number of hydrogen-bond donors (Lipinski definition) is 1. The Morgan fingerprint density at radius 1 is 1.18 bits per heavy atom. The Morgan fingerprint density at radius 3 is 2.61 bits per heavy atom. The Morgan fingerprint density at radius 2 is 1.93 bits per heavy atom. The molecule has 0 aromatic heterocycles. The molecule has 0 aliphatic carbocycles. The van der Waals surface area contributed by atoms with E-state index < -0.39 is 0 Å². The van der Waals surface area contributed by atoms with Crippen LogP contribution in [0.4, 0.5) is 5.69 Å². The molecule has 2 aromatic rings. The number of hydrogen-bond acceptors (Lipinski definition) is 6. The molecule has 0 atom stereocenters. The average Bonchev–Trinajstić information content (AvgIpc) is 2.74. The van der Waals surface area contributed by atoms with Crippen molar-refractivity contribution in [3.8, 4) is 17.6 Å². The summed E-state index contributed by atoms with van der Waals surface area (Å²) >= 11 is 0. The lowest BCUT2D eigenvalue weighted by Crippen LogP contribution is -2.35. The third-order valence-electron chi connectivity index (χ3n) is 4.40. The van der Waals surface area contributed by atoms with Crippen molar-refractivity contribution in [1.29, 1.82) is 5.26 Å². The van der Waals surface area contributed by atoms with E-state index in [-0.39, 0.29) is 12.5 Å². The fraction of sp³-hybridized carbons (Fsp3) is 0.333. The Bertz CT molecular complexity index is 840. The van der Waals surface area contributed by atoms with Crippen LogP contribution in [0, 0.1) is 11.3 Å². The van der Waals surface area contributed by atoms with E-state index in [9.17, 15) is 4.79 Å². The first-order valence-electron chi connectivity index (χ1n) is 9.08. The topological polar surface area (TPSA) is 83.8 Å². The molecule has 3 rings (SSSR count). The summed E-state index contributed by atoms with van der Waals surface area (Å²) < 4.78 is 16.1. The molecule has 0 bridgehead atoms. The third kappa shape index (κ3) is 5.46. The number of benzene rings is 2. The van der Waals surface area contributed by atoms with Gasteiger partial charge in [-0.05, 0) is 29.8 Å². The van der Waals surface area contributed by atoms with Crippen LogP contribution in [0.25, 0.3) is 0 Å². The lowest BCUT2D eigenvalue weighted by atomic mass is 10.2. The monoisotopic (exact) mass is 381 g/mol. The predicted octanol–water partition coefficient (Wildman–Crippen LogP) is 2.42. The zero-order valence-corrected chi connectivity index (χ0v) is 15.8. The SMILES string of the molecule is COc1cc(C#N)ccc1OCC(=O)Nc1ccc(CN2CCOCC2)cc1. The minimum Gasteiger partial charge on any atom is -0.493 e. The molecule has 1 aliphatic heterocycles. The van der Waals surface area contributed by atoms with Gasteiger partial charge in [0.2, 0.25) is 0 Å². The second-order valence-corrected chi connectivity index (χ2v) is 6.40. The van der Waals surface area contributed by atoms with Crippen LogP contribution in [-0.4, -0.2) is 50.8 Å². The molecule has 1 amide bonds. The Kier molecular flexibility index (Phi) is 6.84. The first-order chi connectivity index (χ1) is 13.7. The van der Waals surface area contributed by atoms with Crippen molar-refractivity contribution in [3.63, 3.8) is 0 Å². The van der Waals surface area contributed by atoms with Gasteiger partial charge in [0.05, 0.1) is 32.0 Å². The maximum atomic E-state index is 12.2. The van der Waals surface area contributed by atoms with Crippen LogP contribution in [-0.2, 0) is 16.1 Å². The van der Waals surface area contributed by atoms with Crippen LogP contribution in [0.1, 0.15) is 11.1 Å². The minimum absolute atomic E-state index is 0.155. The van der Waals surface area contributed by atoms with Crippen LogP contribution in [0.5, 0.6) is 11.5 Å². The number of carbonyl (C=O) groups excluding carboxylic acids is 1. The maximum absolute atomic E-state index is 12.2. The van der Waals surface area contributed by atoms with Gasteiger partial charge in [-0.1, -0.05) is 12.1 Å². The van der Waals surface area contributed by atoms with E-state index in [1.807, 2.05) is 30.3 Å². The highest BCUT2D eigenvalue weighted by Crippen LogP contribution is 2.27. The lowest BCUT2D eigenvalue weighted by Gasteiger charge is -2.26. The number of rotatable bonds is 7. The Hall–Kier alpha value is -3.08. The molecule has 7 heteroatoms. The summed E-state index contributed by atoms with van der Waals surface area (Å²) in [6, 6.07) is 14.6. The summed E-state index contributed by atoms with van der Waals surface area (Å²) in [5, 5.41) is 11.7. The van der Waals surface area contributed by atoms with Crippen molar-refractivity contribution in [2.75, 3.05) is 45.3 Å². The molecule has 1 saturated heterocycles. The summed E-state index contributed by atoms with van der Waals surface area (Å²) in [5.41, 5.74) is 2.37. The molecule has 0 unspecified atom stereocenters. The number of nitrogens with zero attached hydrogens (tertiary/aromatic N) is 2. The van der Waals surface area contributed by atoms with Gasteiger partial charge >= 0.3 is 0 Å². The van der Waals surface area contributed by atoms with Crippen molar-refractivity contribution >= 4 is 11.6 Å². The number of ether oxygens (including phenoxy) is 3. The predicted molar refractivity (Wildman–Crippen MR) is 104 cm³/mol. The molecular formula is C21H23N3O4. The Labute approximate surface area is 164 Å². The molecule has 0 spiro atoms. The molecule has 28 heavy (non-hydrogen) atoms. The highest BCUT2D eigenvalue weighted by molar-refractivity contribution is 5.91. The molecule has 0 radical (unpaired) electrons. The summed E-state index contributed by atoms with van der Waals surface area (Å²) in [4.78, 5) is 14.5. The van der Waals surface area contributed by atoms with Crippen LogP contribution in [0.2, 0.25) is 0 Å². The first kappa shape index (κ1) is 19.7. The second kappa shape index (κ2) is 9.74. The molecule has 1 aliphatic rings. The first-order valence-corrected chi connectivity index (χ1v) is 9.08. The van der Waals surface area contributed by atoms with E-state index >= 15 is 0 Å². The van der Waals surface area contributed by atoms with Gasteiger partial charge in [0.15, 0.2) is 18.1 Å². The summed E-state index contributed by atoms with van der Waals surface area (Å²) in [6.07, 6.45) is 0. The highest BCUT2D eigenvalue weighted by Gasteiger charge is 2.11. The van der Waals surface area contributed by atoms with E-state index in [2.05, 4.69) is 10.2 Å². The van der Waals surface area contributed by atoms with Crippen molar-refractivity contribution < 1.29 is 19.0 Å². The zero-order chi connectivity index (χ0) is 19.8. The van der Waals surface area contributed by atoms with E-state index in [1.54, 1.807) is 18.2 Å². The second-order valence-electron chi connectivity index (χ2n) is 6.40. The molecule has 1 fully saturated rings. The number of anilines is 1. The Balaban J connectivity index is 1.50. The number of morpholine rings is 1. The van der Waals surface area contributed by atoms with Crippen LogP contribution >= 0.6 is 0 Å². The normalized spacial score (nSPS) is 14.1. The fourth-order valence-electron chi connectivity index (χ4n) is 2.91. The molecule has 1 heterocycles. The fourth-order valence-corrected chi connectivity index (χ4v) is 2.91. The quantitative estimate of drug-likeness (QED) is 0.793. The number of amides is 1. The summed E-state index contributed by atoms with van der Waals surface area (Å²) in [6.45, 7) is 4.15. The number of methoxy groups -OCH3 is 1. The molecule has 2 aromatic carbocycles. The summed E-state index contributed by atoms with van der Waals surface area (Å²) in [7, 11) is 1.49.